The van der Waals surface area contributed by atoms with Crippen LogP contribution >= 0.6 is 12.4 Å². The van der Waals surface area contributed by atoms with E-state index in [1.807, 2.05) is 62.4 Å². The standard InChI is InChI=1S/C19H24N2O2.ClH/c1-14(2)23-18-5-3-4-16(12-18)13-19(22)21-11-10-15-6-8-17(20)9-7-15;/h3-9,12,14H,10-11,13,20H2,1-2H3,(H,21,22);1H. The minimum Gasteiger partial charge on any atom is -0.491 e. The van der Waals surface area contributed by atoms with Crippen LogP contribution in [0.1, 0.15) is 25.0 Å². The summed E-state index contributed by atoms with van der Waals surface area (Å²) in [5, 5.41) is 2.94. The van der Waals surface area contributed by atoms with Gasteiger partial charge in [-0.05, 0) is 55.7 Å². The molecular formula is C19H25ClN2O2. The van der Waals surface area contributed by atoms with Crippen LogP contribution in [0.3, 0.4) is 0 Å². The summed E-state index contributed by atoms with van der Waals surface area (Å²) in [6.45, 7) is 4.58. The first kappa shape index (κ1) is 19.8. The van der Waals surface area contributed by atoms with E-state index in [4.69, 9.17) is 10.5 Å². The highest BCUT2D eigenvalue weighted by molar-refractivity contribution is 5.85. The number of amides is 1. The quantitative estimate of drug-likeness (QED) is 0.754. The van der Waals surface area contributed by atoms with Crippen LogP contribution < -0.4 is 15.8 Å². The average molecular weight is 349 g/mol. The third-order valence-electron chi connectivity index (χ3n) is 3.35. The molecule has 0 heterocycles. The van der Waals surface area contributed by atoms with Crippen LogP contribution in [0.15, 0.2) is 48.5 Å². The first-order chi connectivity index (χ1) is 11.0. The third kappa shape index (κ3) is 6.92. The molecule has 0 unspecified atom stereocenters. The lowest BCUT2D eigenvalue weighted by molar-refractivity contribution is -0.120. The Labute approximate surface area is 149 Å². The van der Waals surface area contributed by atoms with E-state index in [1.165, 1.54) is 0 Å². The molecule has 0 atom stereocenters. The van der Waals surface area contributed by atoms with Crippen LogP contribution in [0.25, 0.3) is 0 Å². The minimum absolute atomic E-state index is 0. The summed E-state index contributed by atoms with van der Waals surface area (Å²) < 4.78 is 5.64. The maximum absolute atomic E-state index is 12.0. The number of nitrogens with one attached hydrogen (secondary N) is 1. The summed E-state index contributed by atoms with van der Waals surface area (Å²) in [6.07, 6.45) is 1.28. The van der Waals surface area contributed by atoms with E-state index in [9.17, 15) is 4.79 Å². The second kappa shape index (κ2) is 9.83. The second-order valence-electron chi connectivity index (χ2n) is 5.83. The molecule has 3 N–H and O–H groups in total. The van der Waals surface area contributed by atoms with Gasteiger partial charge in [0.25, 0.3) is 0 Å². The Morgan fingerprint density at radius 1 is 1.12 bits per heavy atom. The van der Waals surface area contributed by atoms with Gasteiger partial charge in [0.05, 0.1) is 12.5 Å². The molecular weight excluding hydrogens is 324 g/mol. The normalized spacial score (nSPS) is 10.1. The number of ether oxygens (including phenoxy) is 1. The van der Waals surface area contributed by atoms with E-state index in [0.29, 0.717) is 13.0 Å². The van der Waals surface area contributed by atoms with Gasteiger partial charge in [-0.25, -0.2) is 0 Å². The van der Waals surface area contributed by atoms with Gasteiger partial charge < -0.3 is 15.8 Å². The predicted molar refractivity (Wildman–Crippen MR) is 101 cm³/mol. The molecule has 130 valence electrons. The lowest BCUT2D eigenvalue weighted by Gasteiger charge is -2.11. The first-order valence-corrected chi connectivity index (χ1v) is 7.89. The summed E-state index contributed by atoms with van der Waals surface area (Å²) in [5.74, 6) is 0.814. The zero-order valence-electron chi connectivity index (χ0n) is 14.1. The molecule has 0 fully saturated rings. The third-order valence-corrected chi connectivity index (χ3v) is 3.35. The number of hydrogen-bond donors (Lipinski definition) is 2. The summed E-state index contributed by atoms with van der Waals surface area (Å²) >= 11 is 0. The largest absolute Gasteiger partial charge is 0.491 e. The van der Waals surface area contributed by atoms with E-state index >= 15 is 0 Å². The number of benzene rings is 2. The molecule has 0 aliphatic heterocycles. The second-order valence-corrected chi connectivity index (χ2v) is 5.83. The van der Waals surface area contributed by atoms with Crippen LogP contribution in [-0.4, -0.2) is 18.6 Å². The maximum Gasteiger partial charge on any atom is 0.224 e. The zero-order valence-corrected chi connectivity index (χ0v) is 14.9. The molecule has 4 nitrogen and oxygen atoms in total. The van der Waals surface area contributed by atoms with Gasteiger partial charge in [0.15, 0.2) is 0 Å². The van der Waals surface area contributed by atoms with Gasteiger partial charge in [0, 0.05) is 12.2 Å². The topological polar surface area (TPSA) is 64.3 Å². The van der Waals surface area contributed by atoms with E-state index in [1.54, 1.807) is 0 Å². The highest BCUT2D eigenvalue weighted by Gasteiger charge is 2.05. The molecule has 2 aromatic rings. The summed E-state index contributed by atoms with van der Waals surface area (Å²) in [5.41, 5.74) is 8.51. The Kier molecular flexibility index (Phi) is 8.13. The number of carbonyl (C=O) groups excluding carboxylic acids is 1. The van der Waals surface area contributed by atoms with Crippen molar-refractivity contribution >= 4 is 24.0 Å². The van der Waals surface area contributed by atoms with E-state index in [0.717, 1.165) is 29.0 Å². The molecule has 24 heavy (non-hydrogen) atoms. The van der Waals surface area contributed by atoms with Crippen molar-refractivity contribution < 1.29 is 9.53 Å². The fourth-order valence-corrected chi connectivity index (χ4v) is 2.28. The van der Waals surface area contributed by atoms with E-state index in [2.05, 4.69) is 5.32 Å². The molecule has 0 saturated heterocycles. The molecule has 0 saturated carbocycles. The molecule has 0 radical (unpaired) electrons. The average Bonchev–Trinajstić information content (AvgIpc) is 2.49. The molecule has 0 aliphatic rings. The van der Waals surface area contributed by atoms with Crippen LogP contribution in [0.2, 0.25) is 0 Å². The van der Waals surface area contributed by atoms with Gasteiger partial charge in [-0.2, -0.15) is 0 Å². The minimum atomic E-state index is 0. The number of hydrogen-bond acceptors (Lipinski definition) is 3. The Bertz CT molecular complexity index is 642. The number of halogens is 1. The molecule has 2 rings (SSSR count). The molecule has 0 bridgehead atoms. The number of nitrogens with two attached hydrogens (primary N) is 1. The van der Waals surface area contributed by atoms with E-state index in [-0.39, 0.29) is 24.4 Å². The SMILES string of the molecule is CC(C)Oc1cccc(CC(=O)NCCc2ccc(N)cc2)c1.Cl. The van der Waals surface area contributed by atoms with E-state index < -0.39 is 0 Å². The zero-order chi connectivity index (χ0) is 16.7. The monoisotopic (exact) mass is 348 g/mol. The maximum atomic E-state index is 12.0. The van der Waals surface area contributed by atoms with Crippen LogP contribution in [-0.2, 0) is 17.6 Å². The summed E-state index contributed by atoms with van der Waals surface area (Å²) in [7, 11) is 0. The molecule has 1 amide bonds. The number of anilines is 1. The highest BCUT2D eigenvalue weighted by atomic mass is 35.5. The highest BCUT2D eigenvalue weighted by Crippen LogP contribution is 2.15. The van der Waals surface area contributed by atoms with Gasteiger partial charge in [0.2, 0.25) is 5.91 Å². The van der Waals surface area contributed by atoms with Gasteiger partial charge in [-0.1, -0.05) is 24.3 Å². The van der Waals surface area contributed by atoms with Gasteiger partial charge >= 0.3 is 0 Å². The first-order valence-electron chi connectivity index (χ1n) is 7.89. The van der Waals surface area contributed by atoms with Crippen LogP contribution in [0, 0.1) is 0 Å². The molecule has 2 aromatic carbocycles. The Hall–Kier alpha value is -2.20. The van der Waals surface area contributed by atoms with Crippen molar-refractivity contribution in [3.8, 4) is 5.75 Å². The fraction of sp³-hybridized carbons (Fsp3) is 0.316. The Morgan fingerprint density at radius 2 is 1.83 bits per heavy atom. The van der Waals surface area contributed by atoms with Crippen molar-refractivity contribution in [2.75, 3.05) is 12.3 Å². The summed E-state index contributed by atoms with van der Waals surface area (Å²) in [4.78, 5) is 12.0. The molecule has 5 heteroatoms. The number of carbonyl (C=O) groups is 1. The smallest absolute Gasteiger partial charge is 0.224 e. The lowest BCUT2D eigenvalue weighted by Crippen LogP contribution is -2.27. The van der Waals surface area contributed by atoms with Crippen molar-refractivity contribution in [3.05, 3.63) is 59.7 Å². The number of nitrogen functional groups attached to an aromatic ring is 1. The van der Waals surface area contributed by atoms with Crippen molar-refractivity contribution in [1.82, 2.24) is 5.32 Å². The predicted octanol–water partition coefficient (Wildman–Crippen LogP) is 3.38. The van der Waals surface area contributed by atoms with Crippen LogP contribution in [0.4, 0.5) is 5.69 Å². The van der Waals surface area contributed by atoms with Crippen LogP contribution in [0.5, 0.6) is 5.75 Å². The Morgan fingerprint density at radius 3 is 2.50 bits per heavy atom. The van der Waals surface area contributed by atoms with Crippen molar-refractivity contribution in [2.45, 2.75) is 32.8 Å². The summed E-state index contributed by atoms with van der Waals surface area (Å²) in [6, 6.07) is 15.4. The molecule has 0 aromatic heterocycles. The molecule has 0 aliphatic carbocycles. The van der Waals surface area contributed by atoms with Crippen molar-refractivity contribution in [2.24, 2.45) is 0 Å². The van der Waals surface area contributed by atoms with Gasteiger partial charge in [-0.3, -0.25) is 4.79 Å². The van der Waals surface area contributed by atoms with Gasteiger partial charge in [0.1, 0.15) is 5.75 Å². The fourth-order valence-electron chi connectivity index (χ4n) is 2.28. The Balaban J connectivity index is 0.00000288. The van der Waals surface area contributed by atoms with Crippen molar-refractivity contribution in [3.63, 3.8) is 0 Å². The van der Waals surface area contributed by atoms with Crippen molar-refractivity contribution in [1.29, 1.82) is 0 Å². The molecule has 0 spiro atoms. The lowest BCUT2D eigenvalue weighted by atomic mass is 10.1. The number of rotatable bonds is 7. The van der Waals surface area contributed by atoms with Gasteiger partial charge in [-0.15, -0.1) is 12.4 Å².